The number of carbonyl (C=O) groups is 2. The number of piperidine rings is 1. The van der Waals surface area contributed by atoms with Gasteiger partial charge in [-0.05, 0) is 26.7 Å². The van der Waals surface area contributed by atoms with Crippen LogP contribution in [0, 0.1) is 0 Å². The molecule has 0 aromatic carbocycles. The fourth-order valence-corrected chi connectivity index (χ4v) is 3.88. The average Bonchev–Trinajstić information content (AvgIpc) is 2.46. The third-order valence-electron chi connectivity index (χ3n) is 4.03. The normalized spacial score (nSPS) is 19.7. The molecule has 8 heteroatoms. The Morgan fingerprint density at radius 3 is 2.27 bits per heavy atom. The third-order valence-corrected chi connectivity index (χ3v) is 5.32. The molecular weight excluding hydrogens is 306 g/mol. The van der Waals surface area contributed by atoms with Gasteiger partial charge in [0, 0.05) is 26.7 Å². The van der Waals surface area contributed by atoms with Crippen LogP contribution in [-0.4, -0.2) is 79.9 Å². The Morgan fingerprint density at radius 2 is 1.77 bits per heavy atom. The highest BCUT2D eigenvalue weighted by Crippen LogP contribution is 2.21. The van der Waals surface area contributed by atoms with Crippen LogP contribution in [0.1, 0.15) is 33.1 Å². The molecule has 1 aliphatic rings. The lowest BCUT2D eigenvalue weighted by Gasteiger charge is -2.35. The molecule has 1 atom stereocenters. The maximum absolute atomic E-state index is 12.5. The van der Waals surface area contributed by atoms with E-state index < -0.39 is 16.1 Å². The molecule has 0 radical (unpaired) electrons. The maximum Gasteiger partial charge on any atom is 0.242 e. The van der Waals surface area contributed by atoms with Crippen molar-refractivity contribution in [3.05, 3.63) is 0 Å². The number of hydrogen-bond acceptors (Lipinski definition) is 4. The number of sulfonamides is 1. The van der Waals surface area contributed by atoms with Gasteiger partial charge in [0.1, 0.15) is 6.04 Å². The summed E-state index contributed by atoms with van der Waals surface area (Å²) >= 11 is 0. The molecule has 22 heavy (non-hydrogen) atoms. The molecule has 1 aliphatic heterocycles. The molecule has 1 fully saturated rings. The van der Waals surface area contributed by atoms with Crippen molar-refractivity contribution < 1.29 is 18.0 Å². The van der Waals surface area contributed by atoms with Gasteiger partial charge in [-0.25, -0.2) is 8.42 Å². The molecule has 1 saturated heterocycles. The third kappa shape index (κ3) is 4.67. The summed E-state index contributed by atoms with van der Waals surface area (Å²) in [7, 11) is -1.86. The van der Waals surface area contributed by atoms with Crippen molar-refractivity contribution >= 4 is 21.8 Å². The minimum atomic E-state index is -3.42. The zero-order valence-corrected chi connectivity index (χ0v) is 14.7. The average molecular weight is 333 g/mol. The summed E-state index contributed by atoms with van der Waals surface area (Å²) in [6.45, 7) is 5.31. The largest absolute Gasteiger partial charge is 0.342 e. The fraction of sp³-hybridized carbons (Fsp3) is 0.857. The topological polar surface area (TPSA) is 78.0 Å². The maximum atomic E-state index is 12.5. The van der Waals surface area contributed by atoms with E-state index in [2.05, 4.69) is 0 Å². The quantitative estimate of drug-likeness (QED) is 0.692. The lowest BCUT2D eigenvalue weighted by molar-refractivity contribution is -0.141. The van der Waals surface area contributed by atoms with Crippen molar-refractivity contribution in [1.29, 1.82) is 0 Å². The van der Waals surface area contributed by atoms with E-state index in [0.717, 1.165) is 19.1 Å². The molecule has 0 saturated carbocycles. The lowest BCUT2D eigenvalue weighted by Crippen LogP contribution is -2.53. The van der Waals surface area contributed by atoms with Crippen LogP contribution in [-0.2, 0) is 19.6 Å². The van der Waals surface area contributed by atoms with E-state index in [1.54, 1.807) is 11.9 Å². The first kappa shape index (κ1) is 18.9. The Hall–Kier alpha value is -1.15. The minimum absolute atomic E-state index is 0.0192. The first-order valence-corrected chi connectivity index (χ1v) is 9.56. The molecule has 1 heterocycles. The fourth-order valence-electron chi connectivity index (χ4n) is 2.76. The monoisotopic (exact) mass is 333 g/mol. The van der Waals surface area contributed by atoms with E-state index in [-0.39, 0.29) is 18.4 Å². The second-order valence-electron chi connectivity index (χ2n) is 5.65. The molecule has 0 N–H and O–H groups in total. The van der Waals surface area contributed by atoms with Crippen LogP contribution in [0.5, 0.6) is 0 Å². The van der Waals surface area contributed by atoms with Crippen LogP contribution in [0.2, 0.25) is 0 Å². The van der Waals surface area contributed by atoms with Gasteiger partial charge in [-0.3, -0.25) is 9.59 Å². The summed E-state index contributed by atoms with van der Waals surface area (Å²) in [4.78, 5) is 27.6. The standard InChI is InChI=1S/C14H27N3O4S/c1-5-16(6-2)13(18)11-15(3)14(19)12-9-7-8-10-17(12)22(4,20)21/h12H,5-11H2,1-4H3. The van der Waals surface area contributed by atoms with Gasteiger partial charge in [0.2, 0.25) is 21.8 Å². The smallest absolute Gasteiger partial charge is 0.242 e. The first-order chi connectivity index (χ1) is 10.2. The summed E-state index contributed by atoms with van der Waals surface area (Å²) in [5.41, 5.74) is 0. The van der Waals surface area contributed by atoms with Crippen LogP contribution in [0.3, 0.4) is 0 Å². The van der Waals surface area contributed by atoms with Crippen molar-refractivity contribution in [2.24, 2.45) is 0 Å². The van der Waals surface area contributed by atoms with E-state index in [1.807, 2.05) is 13.8 Å². The molecular formula is C14H27N3O4S. The molecule has 0 spiro atoms. The summed E-state index contributed by atoms with van der Waals surface area (Å²) in [6.07, 6.45) is 3.22. The van der Waals surface area contributed by atoms with E-state index in [1.165, 1.54) is 9.21 Å². The second kappa shape index (κ2) is 7.92. The summed E-state index contributed by atoms with van der Waals surface area (Å²) in [5.74, 6) is -0.423. The van der Waals surface area contributed by atoms with E-state index in [0.29, 0.717) is 26.1 Å². The van der Waals surface area contributed by atoms with Crippen molar-refractivity contribution in [1.82, 2.24) is 14.1 Å². The molecule has 0 bridgehead atoms. The lowest BCUT2D eigenvalue weighted by atomic mass is 10.0. The molecule has 0 aromatic rings. The molecule has 2 amide bonds. The van der Waals surface area contributed by atoms with E-state index in [9.17, 15) is 18.0 Å². The second-order valence-corrected chi connectivity index (χ2v) is 7.58. The minimum Gasteiger partial charge on any atom is -0.342 e. The Bertz CT molecular complexity index is 502. The van der Waals surface area contributed by atoms with Crippen LogP contribution in [0.15, 0.2) is 0 Å². The van der Waals surface area contributed by atoms with Gasteiger partial charge < -0.3 is 9.80 Å². The van der Waals surface area contributed by atoms with Gasteiger partial charge in [-0.2, -0.15) is 4.31 Å². The molecule has 7 nitrogen and oxygen atoms in total. The SMILES string of the molecule is CCN(CC)C(=O)CN(C)C(=O)C1CCCCN1S(C)(=O)=O. The zero-order chi connectivity index (χ0) is 16.9. The number of hydrogen-bond donors (Lipinski definition) is 0. The molecule has 0 aliphatic carbocycles. The Balaban J connectivity index is 2.78. The van der Waals surface area contributed by atoms with Crippen molar-refractivity contribution in [2.75, 3.05) is 39.5 Å². The van der Waals surface area contributed by atoms with Gasteiger partial charge in [-0.15, -0.1) is 0 Å². The van der Waals surface area contributed by atoms with Crippen molar-refractivity contribution in [2.45, 2.75) is 39.2 Å². The predicted octanol–water partition coefficient (Wildman–Crippen LogP) is 0.127. The summed E-state index contributed by atoms with van der Waals surface area (Å²) < 4.78 is 24.9. The van der Waals surface area contributed by atoms with E-state index >= 15 is 0 Å². The molecule has 128 valence electrons. The van der Waals surface area contributed by atoms with Crippen LogP contribution in [0.25, 0.3) is 0 Å². The number of likely N-dealkylation sites (N-methyl/N-ethyl adjacent to an activating group) is 2. The first-order valence-electron chi connectivity index (χ1n) is 7.71. The Kier molecular flexibility index (Phi) is 6.80. The van der Waals surface area contributed by atoms with Gasteiger partial charge in [0.25, 0.3) is 0 Å². The highest BCUT2D eigenvalue weighted by atomic mass is 32.2. The summed E-state index contributed by atoms with van der Waals surface area (Å²) in [5, 5.41) is 0. The van der Waals surface area contributed by atoms with Crippen molar-refractivity contribution in [3.63, 3.8) is 0 Å². The van der Waals surface area contributed by atoms with E-state index in [4.69, 9.17) is 0 Å². The van der Waals surface area contributed by atoms with Crippen LogP contribution >= 0.6 is 0 Å². The zero-order valence-electron chi connectivity index (χ0n) is 13.9. The number of amides is 2. The predicted molar refractivity (Wildman–Crippen MR) is 84.8 cm³/mol. The Morgan fingerprint density at radius 1 is 1.18 bits per heavy atom. The van der Waals surface area contributed by atoms with Gasteiger partial charge >= 0.3 is 0 Å². The molecule has 1 unspecified atom stereocenters. The van der Waals surface area contributed by atoms with Crippen LogP contribution in [0.4, 0.5) is 0 Å². The highest BCUT2D eigenvalue weighted by Gasteiger charge is 2.36. The molecule has 0 aromatic heterocycles. The van der Waals surface area contributed by atoms with Gasteiger partial charge in [-0.1, -0.05) is 6.42 Å². The summed E-state index contributed by atoms with van der Waals surface area (Å²) in [6, 6.07) is -0.682. The van der Waals surface area contributed by atoms with Crippen LogP contribution < -0.4 is 0 Å². The number of nitrogens with zero attached hydrogens (tertiary/aromatic N) is 3. The highest BCUT2D eigenvalue weighted by molar-refractivity contribution is 7.88. The molecule has 1 rings (SSSR count). The van der Waals surface area contributed by atoms with Crippen molar-refractivity contribution in [3.8, 4) is 0 Å². The Labute approximate surface area is 133 Å². The number of carbonyl (C=O) groups excluding carboxylic acids is 2. The number of rotatable bonds is 6. The van der Waals surface area contributed by atoms with Gasteiger partial charge in [0.05, 0.1) is 12.8 Å². The van der Waals surface area contributed by atoms with Gasteiger partial charge in [0.15, 0.2) is 0 Å².